The number of fused-ring (bicyclic) bond motifs is 1. The van der Waals surface area contributed by atoms with Gasteiger partial charge in [-0.05, 0) is 59.3 Å². The molecule has 3 aromatic rings. The lowest BCUT2D eigenvalue weighted by molar-refractivity contribution is -0.132. The second kappa shape index (κ2) is 6.88. The fourth-order valence-electron chi connectivity index (χ4n) is 3.51. The van der Waals surface area contributed by atoms with Crippen LogP contribution in [0.25, 0.3) is 0 Å². The van der Waals surface area contributed by atoms with Gasteiger partial charge in [-0.15, -0.1) is 0 Å². The van der Waals surface area contributed by atoms with E-state index >= 15 is 0 Å². The van der Waals surface area contributed by atoms with E-state index in [-0.39, 0.29) is 5.91 Å². The number of hydrogen-bond acceptors (Lipinski definition) is 4. The highest BCUT2D eigenvalue weighted by Crippen LogP contribution is 2.26. The molecule has 5 nitrogen and oxygen atoms in total. The molecule has 3 aromatic heterocycles. The van der Waals surface area contributed by atoms with E-state index in [1.165, 1.54) is 17.7 Å². The predicted octanol–water partition coefficient (Wildman–Crippen LogP) is 3.33. The fraction of sp³-hybridized carbons (Fsp3) is 0.368. The van der Waals surface area contributed by atoms with Crippen LogP contribution < -0.4 is 0 Å². The van der Waals surface area contributed by atoms with E-state index in [1.54, 1.807) is 17.6 Å². The van der Waals surface area contributed by atoms with E-state index in [2.05, 4.69) is 5.10 Å². The van der Waals surface area contributed by atoms with Gasteiger partial charge in [0.05, 0.1) is 31.5 Å². The van der Waals surface area contributed by atoms with Crippen molar-refractivity contribution in [3.05, 3.63) is 63.5 Å². The van der Waals surface area contributed by atoms with Crippen LogP contribution in [0.1, 0.15) is 34.7 Å². The van der Waals surface area contributed by atoms with Crippen molar-refractivity contribution in [1.82, 2.24) is 14.7 Å². The third-order valence-corrected chi connectivity index (χ3v) is 5.49. The molecule has 0 atom stereocenters. The van der Waals surface area contributed by atoms with Gasteiger partial charge in [-0.25, -0.2) is 0 Å². The maximum Gasteiger partial charge on any atom is 0.227 e. The number of aromatic nitrogens is 2. The molecule has 0 aliphatic heterocycles. The van der Waals surface area contributed by atoms with Crippen LogP contribution in [-0.4, -0.2) is 20.6 Å². The van der Waals surface area contributed by atoms with Crippen molar-refractivity contribution in [2.75, 3.05) is 0 Å². The molecule has 1 aliphatic carbocycles. The summed E-state index contributed by atoms with van der Waals surface area (Å²) in [6.45, 7) is 1.01. The van der Waals surface area contributed by atoms with Gasteiger partial charge >= 0.3 is 0 Å². The van der Waals surface area contributed by atoms with Gasteiger partial charge in [0.1, 0.15) is 5.76 Å². The third kappa shape index (κ3) is 3.39. The summed E-state index contributed by atoms with van der Waals surface area (Å²) < 4.78 is 7.45. The van der Waals surface area contributed by atoms with Gasteiger partial charge in [-0.3, -0.25) is 9.48 Å². The predicted molar refractivity (Wildman–Crippen MR) is 96.2 cm³/mol. The zero-order valence-electron chi connectivity index (χ0n) is 14.3. The van der Waals surface area contributed by atoms with Crippen LogP contribution in [0.5, 0.6) is 0 Å². The molecule has 0 radical (unpaired) electrons. The number of carbonyl (C=O) groups excluding carboxylic acids is 1. The van der Waals surface area contributed by atoms with Crippen molar-refractivity contribution in [3.8, 4) is 0 Å². The van der Waals surface area contributed by atoms with Gasteiger partial charge in [-0.2, -0.15) is 16.4 Å². The lowest BCUT2D eigenvalue weighted by Crippen LogP contribution is -2.31. The summed E-state index contributed by atoms with van der Waals surface area (Å²) in [5.41, 5.74) is 4.74. The van der Waals surface area contributed by atoms with Crippen molar-refractivity contribution < 1.29 is 9.21 Å². The van der Waals surface area contributed by atoms with Crippen LogP contribution in [0.4, 0.5) is 0 Å². The number of hydrogen-bond donors (Lipinski definition) is 0. The third-order valence-electron chi connectivity index (χ3n) is 4.75. The van der Waals surface area contributed by atoms with Crippen LogP contribution in [0.2, 0.25) is 0 Å². The average Bonchev–Trinajstić information content (AvgIpc) is 3.35. The smallest absolute Gasteiger partial charge is 0.227 e. The lowest BCUT2D eigenvalue weighted by atomic mass is 10.1. The minimum absolute atomic E-state index is 0.104. The summed E-state index contributed by atoms with van der Waals surface area (Å²) in [6.07, 6.45) is 5.38. The molecule has 1 amide bonds. The van der Waals surface area contributed by atoms with Gasteiger partial charge < -0.3 is 9.32 Å². The summed E-state index contributed by atoms with van der Waals surface area (Å²) in [7, 11) is 2.00. The molecule has 0 N–H and O–H groups in total. The summed E-state index contributed by atoms with van der Waals surface area (Å²) in [6, 6.07) is 5.77. The van der Waals surface area contributed by atoms with Crippen LogP contribution in [0.15, 0.2) is 39.6 Å². The van der Waals surface area contributed by atoms with E-state index in [0.717, 1.165) is 29.9 Å². The van der Waals surface area contributed by atoms with Crippen molar-refractivity contribution in [2.24, 2.45) is 7.05 Å². The summed E-state index contributed by atoms with van der Waals surface area (Å²) in [4.78, 5) is 14.8. The molecule has 25 heavy (non-hydrogen) atoms. The van der Waals surface area contributed by atoms with E-state index in [1.807, 2.05) is 45.6 Å². The molecular weight excluding hydrogens is 334 g/mol. The van der Waals surface area contributed by atoms with E-state index < -0.39 is 0 Å². The monoisotopic (exact) mass is 355 g/mol. The average molecular weight is 355 g/mol. The zero-order valence-corrected chi connectivity index (χ0v) is 15.1. The van der Waals surface area contributed by atoms with Crippen molar-refractivity contribution in [3.63, 3.8) is 0 Å². The fourth-order valence-corrected chi connectivity index (χ4v) is 4.18. The van der Waals surface area contributed by atoms with Gasteiger partial charge in [-0.1, -0.05) is 0 Å². The minimum atomic E-state index is 0.104. The van der Waals surface area contributed by atoms with Crippen LogP contribution in [0, 0.1) is 0 Å². The van der Waals surface area contributed by atoms with E-state index in [4.69, 9.17) is 4.42 Å². The molecule has 0 saturated heterocycles. The molecular formula is C19H21N3O2S. The Kier molecular flexibility index (Phi) is 4.44. The molecule has 0 bridgehead atoms. The SMILES string of the molecule is Cn1nc(CN(Cc2ccco2)C(=O)Cc2ccsc2)c2c1CCC2. The summed E-state index contributed by atoms with van der Waals surface area (Å²) in [5, 5.41) is 8.71. The van der Waals surface area contributed by atoms with Gasteiger partial charge in [0, 0.05) is 12.7 Å². The standard InChI is InChI=1S/C19H21N3O2S/c1-21-18-6-2-5-16(18)17(20-21)12-22(11-15-4-3-8-24-15)19(23)10-14-7-9-25-13-14/h3-4,7-9,13H,2,5-6,10-12H2,1H3. The van der Waals surface area contributed by atoms with Crippen LogP contribution >= 0.6 is 11.3 Å². The Morgan fingerprint density at radius 3 is 3.04 bits per heavy atom. The molecule has 0 spiro atoms. The summed E-state index contributed by atoms with van der Waals surface area (Å²) in [5.74, 6) is 0.901. The number of aryl methyl sites for hydroxylation is 1. The Balaban J connectivity index is 1.56. The number of amides is 1. The quantitative estimate of drug-likeness (QED) is 0.681. The lowest BCUT2D eigenvalue weighted by Gasteiger charge is -2.21. The maximum atomic E-state index is 12.9. The van der Waals surface area contributed by atoms with Crippen molar-refractivity contribution >= 4 is 17.2 Å². The van der Waals surface area contributed by atoms with Crippen LogP contribution in [0.3, 0.4) is 0 Å². The first-order valence-corrected chi connectivity index (χ1v) is 9.50. The first-order chi connectivity index (χ1) is 12.2. The Bertz CT molecular complexity index is 850. The number of carbonyl (C=O) groups is 1. The number of furan rings is 1. The van der Waals surface area contributed by atoms with Crippen LogP contribution in [-0.2, 0) is 44.2 Å². The minimum Gasteiger partial charge on any atom is -0.467 e. The molecule has 1 aliphatic rings. The highest BCUT2D eigenvalue weighted by atomic mass is 32.1. The van der Waals surface area contributed by atoms with Crippen molar-refractivity contribution in [1.29, 1.82) is 0 Å². The zero-order chi connectivity index (χ0) is 17.2. The molecule has 130 valence electrons. The Morgan fingerprint density at radius 2 is 2.28 bits per heavy atom. The Hall–Kier alpha value is -2.34. The largest absolute Gasteiger partial charge is 0.467 e. The molecule has 3 heterocycles. The van der Waals surface area contributed by atoms with Gasteiger partial charge in [0.2, 0.25) is 5.91 Å². The normalized spacial score (nSPS) is 13.2. The molecule has 0 saturated carbocycles. The second-order valence-electron chi connectivity index (χ2n) is 6.49. The molecule has 0 unspecified atom stereocenters. The molecule has 0 fully saturated rings. The Labute approximate surface area is 150 Å². The van der Waals surface area contributed by atoms with Gasteiger partial charge in [0.25, 0.3) is 0 Å². The van der Waals surface area contributed by atoms with Crippen molar-refractivity contribution in [2.45, 2.75) is 38.8 Å². The van der Waals surface area contributed by atoms with E-state index in [9.17, 15) is 4.79 Å². The van der Waals surface area contributed by atoms with Gasteiger partial charge in [0.15, 0.2) is 0 Å². The molecule has 4 rings (SSSR count). The Morgan fingerprint density at radius 1 is 1.36 bits per heavy atom. The number of nitrogens with zero attached hydrogens (tertiary/aromatic N) is 3. The first-order valence-electron chi connectivity index (χ1n) is 8.55. The topological polar surface area (TPSA) is 51.3 Å². The van der Waals surface area contributed by atoms with E-state index in [0.29, 0.717) is 19.5 Å². The number of rotatable bonds is 6. The highest BCUT2D eigenvalue weighted by Gasteiger charge is 2.24. The molecule has 6 heteroatoms. The maximum absolute atomic E-state index is 12.9. The summed E-state index contributed by atoms with van der Waals surface area (Å²) >= 11 is 1.62. The first kappa shape index (κ1) is 16.1. The number of thiophene rings is 1. The highest BCUT2D eigenvalue weighted by molar-refractivity contribution is 7.08. The molecule has 0 aromatic carbocycles. The second-order valence-corrected chi connectivity index (χ2v) is 7.27.